The predicted molar refractivity (Wildman–Crippen MR) is 197 cm³/mol. The summed E-state index contributed by atoms with van der Waals surface area (Å²) in [5.41, 5.74) is 5.93. The summed E-state index contributed by atoms with van der Waals surface area (Å²) in [5, 5.41) is 25.0. The monoisotopic (exact) mass is 629 g/mol. The van der Waals surface area contributed by atoms with Crippen LogP contribution in [0.3, 0.4) is 0 Å². The molecule has 238 valence electrons. The molecular formula is C43H41N4O+. The van der Waals surface area contributed by atoms with Crippen LogP contribution in [0, 0.1) is 16.7 Å². The number of benzene rings is 4. The van der Waals surface area contributed by atoms with Gasteiger partial charge in [0.15, 0.2) is 5.78 Å². The standard InChI is InChI=1S/C43H41N4O/c1-3-5-7-9-23-46-36-21-13-17-29-15-11-19-32(41(29)36)38(46)25-34-40(31(27-44)28-45)35(43(34)48)26-39-33-20-12-16-30-18-14-22-37(42(30)33)47(39)24-10-8-6-4-2/h11-22,25-26,44H,3-10,23-24H2,1-2H3/q+1. The Kier molecular flexibility index (Phi) is 8.76. The number of carbonyl (C=O) groups is 1. The smallest absolute Gasteiger partial charge is 0.214 e. The molecule has 4 aromatic carbocycles. The Morgan fingerprint density at radius 1 is 0.833 bits per heavy atom. The van der Waals surface area contributed by atoms with E-state index in [1.165, 1.54) is 47.2 Å². The number of allylic oxidation sites excluding steroid dienone is 5. The molecule has 0 radical (unpaired) electrons. The second kappa shape index (κ2) is 13.4. The van der Waals surface area contributed by atoms with Crippen molar-refractivity contribution < 1.29 is 9.37 Å². The fourth-order valence-electron chi connectivity index (χ4n) is 7.68. The SMILES string of the molecule is CCCCCCn1c(=CC2=C(C(=C=N)C#N)C(=CC3=[N+](CCCCCC)c4cccc5cccc3c45)C2=O)c2cccc3cccc1c32. The highest BCUT2D eigenvalue weighted by molar-refractivity contribution is 6.31. The van der Waals surface area contributed by atoms with Gasteiger partial charge in [-0.1, -0.05) is 101 Å². The van der Waals surface area contributed by atoms with Crippen LogP contribution in [-0.2, 0) is 11.3 Å². The maximum atomic E-state index is 14.3. The Morgan fingerprint density at radius 3 is 2.25 bits per heavy atom. The first-order valence-electron chi connectivity index (χ1n) is 17.5. The van der Waals surface area contributed by atoms with Crippen molar-refractivity contribution >= 4 is 61.6 Å². The summed E-state index contributed by atoms with van der Waals surface area (Å²) in [7, 11) is 0. The van der Waals surface area contributed by atoms with Crippen LogP contribution in [0.5, 0.6) is 0 Å². The van der Waals surface area contributed by atoms with Crippen molar-refractivity contribution in [1.82, 2.24) is 4.57 Å². The van der Waals surface area contributed by atoms with Crippen molar-refractivity contribution in [1.29, 1.82) is 10.7 Å². The van der Waals surface area contributed by atoms with E-state index < -0.39 is 0 Å². The van der Waals surface area contributed by atoms with Gasteiger partial charge < -0.3 is 4.57 Å². The molecule has 5 heteroatoms. The summed E-state index contributed by atoms with van der Waals surface area (Å²) in [6.45, 7) is 6.13. The number of ketones is 1. The number of aryl methyl sites for hydroxylation is 1. The number of nitrogens with one attached hydrogen (secondary N) is 1. The molecule has 0 atom stereocenters. The first-order chi connectivity index (χ1) is 23.6. The molecule has 48 heavy (non-hydrogen) atoms. The van der Waals surface area contributed by atoms with Gasteiger partial charge in [-0.2, -0.15) is 9.84 Å². The molecule has 0 saturated heterocycles. The fourth-order valence-corrected chi connectivity index (χ4v) is 7.68. The van der Waals surface area contributed by atoms with Crippen molar-refractivity contribution in [2.75, 3.05) is 6.54 Å². The van der Waals surface area contributed by atoms with Gasteiger partial charge in [0, 0.05) is 63.5 Å². The summed E-state index contributed by atoms with van der Waals surface area (Å²) >= 11 is 0. The number of aromatic nitrogens is 1. The molecule has 0 unspecified atom stereocenters. The average Bonchev–Trinajstić information content (AvgIpc) is 3.59. The summed E-state index contributed by atoms with van der Waals surface area (Å²) in [6.07, 6.45) is 13.0. The molecule has 0 fully saturated rings. The Hall–Kier alpha value is -5.30. The van der Waals surface area contributed by atoms with E-state index in [4.69, 9.17) is 5.41 Å². The van der Waals surface area contributed by atoms with E-state index in [0.29, 0.717) is 16.7 Å². The maximum Gasteiger partial charge on any atom is 0.214 e. The number of hydrogen-bond donors (Lipinski definition) is 1. The molecule has 1 aliphatic heterocycles. The van der Waals surface area contributed by atoms with Crippen LogP contribution in [0.2, 0.25) is 0 Å². The minimum absolute atomic E-state index is 0.0831. The topological polar surface area (TPSA) is 72.7 Å². The Morgan fingerprint density at radius 2 is 1.52 bits per heavy atom. The van der Waals surface area contributed by atoms with Crippen LogP contribution in [0.15, 0.2) is 101 Å². The van der Waals surface area contributed by atoms with Gasteiger partial charge >= 0.3 is 0 Å². The van der Waals surface area contributed by atoms with E-state index in [0.717, 1.165) is 72.0 Å². The van der Waals surface area contributed by atoms with E-state index in [9.17, 15) is 10.1 Å². The Labute approximate surface area is 282 Å². The van der Waals surface area contributed by atoms with E-state index in [1.54, 1.807) is 0 Å². The highest BCUT2D eigenvalue weighted by Gasteiger charge is 2.38. The maximum absolute atomic E-state index is 14.3. The van der Waals surface area contributed by atoms with Crippen molar-refractivity contribution in [3.05, 3.63) is 112 Å². The van der Waals surface area contributed by atoms with E-state index in [2.05, 4.69) is 108 Å². The number of unbranched alkanes of at least 4 members (excludes halogenated alkanes) is 6. The highest BCUT2D eigenvalue weighted by atomic mass is 16.1. The number of Topliss-reactive ketones (excluding diaryl/α,β-unsaturated/α-hetero) is 1. The minimum Gasteiger partial charge on any atom is -0.340 e. The predicted octanol–water partition coefficient (Wildman–Crippen LogP) is 9.26. The van der Waals surface area contributed by atoms with E-state index in [1.807, 2.05) is 12.2 Å². The van der Waals surface area contributed by atoms with Gasteiger partial charge in [0.25, 0.3) is 0 Å². The first kappa shape index (κ1) is 31.3. The highest BCUT2D eigenvalue weighted by Crippen LogP contribution is 2.40. The number of carbonyl (C=O) groups excluding carboxylic acids is 1. The van der Waals surface area contributed by atoms with Crippen LogP contribution in [0.1, 0.15) is 70.8 Å². The van der Waals surface area contributed by atoms with Gasteiger partial charge in [0.05, 0.1) is 10.9 Å². The van der Waals surface area contributed by atoms with Gasteiger partial charge in [-0.25, -0.2) is 0 Å². The zero-order valence-corrected chi connectivity index (χ0v) is 27.9. The third kappa shape index (κ3) is 5.23. The van der Waals surface area contributed by atoms with Crippen molar-refractivity contribution in [3.8, 4) is 6.07 Å². The number of hydrogen-bond acceptors (Lipinski definition) is 3. The van der Waals surface area contributed by atoms with Crippen LogP contribution >= 0.6 is 0 Å². The lowest BCUT2D eigenvalue weighted by Crippen LogP contribution is -2.27. The summed E-state index contributed by atoms with van der Waals surface area (Å²) in [5.74, 6) is 2.26. The fraction of sp³-hybridized carbons (Fsp3) is 0.279. The minimum atomic E-state index is -0.101. The number of nitriles is 1. The third-order valence-electron chi connectivity index (χ3n) is 10.0. The third-order valence-corrected chi connectivity index (χ3v) is 10.0. The van der Waals surface area contributed by atoms with Crippen molar-refractivity contribution in [2.24, 2.45) is 0 Å². The second-order valence-corrected chi connectivity index (χ2v) is 13.0. The van der Waals surface area contributed by atoms with Crippen LogP contribution in [0.25, 0.3) is 38.5 Å². The zero-order valence-electron chi connectivity index (χ0n) is 27.9. The summed E-state index contributed by atoms with van der Waals surface area (Å²) in [4.78, 5) is 14.3. The molecule has 0 amide bonds. The molecule has 1 aromatic heterocycles. The molecule has 0 bridgehead atoms. The lowest BCUT2D eigenvalue weighted by atomic mass is 9.76. The molecule has 0 spiro atoms. The van der Waals surface area contributed by atoms with Crippen LogP contribution in [-0.4, -0.2) is 33.1 Å². The first-order valence-corrected chi connectivity index (χ1v) is 17.5. The van der Waals surface area contributed by atoms with Gasteiger partial charge in [-0.05, 0) is 47.7 Å². The van der Waals surface area contributed by atoms with Gasteiger partial charge in [0.1, 0.15) is 18.2 Å². The summed E-state index contributed by atoms with van der Waals surface area (Å²) in [6, 6.07) is 27.6. The molecular weight excluding hydrogens is 589 g/mol. The lowest BCUT2D eigenvalue weighted by Gasteiger charge is -2.22. The Balaban J connectivity index is 1.42. The van der Waals surface area contributed by atoms with Gasteiger partial charge in [0.2, 0.25) is 11.4 Å². The molecule has 1 N–H and O–H groups in total. The lowest BCUT2D eigenvalue weighted by molar-refractivity contribution is -0.436. The van der Waals surface area contributed by atoms with Gasteiger partial charge in [-0.15, -0.1) is 0 Å². The van der Waals surface area contributed by atoms with Crippen LogP contribution < -0.4 is 5.35 Å². The van der Waals surface area contributed by atoms with Crippen molar-refractivity contribution in [2.45, 2.75) is 71.8 Å². The quantitative estimate of drug-likeness (QED) is 0.0464. The van der Waals surface area contributed by atoms with Crippen LogP contribution in [0.4, 0.5) is 5.69 Å². The molecule has 2 heterocycles. The van der Waals surface area contributed by atoms with Crippen molar-refractivity contribution in [3.63, 3.8) is 0 Å². The second-order valence-electron chi connectivity index (χ2n) is 13.0. The normalized spacial score (nSPS) is 15.3. The zero-order chi connectivity index (χ0) is 33.2. The summed E-state index contributed by atoms with van der Waals surface area (Å²) < 4.78 is 4.68. The molecule has 5 aromatic rings. The van der Waals surface area contributed by atoms with E-state index >= 15 is 0 Å². The van der Waals surface area contributed by atoms with E-state index in [-0.39, 0.29) is 11.4 Å². The molecule has 2 aliphatic rings. The van der Waals surface area contributed by atoms with Gasteiger partial charge in [-0.3, -0.25) is 10.2 Å². The molecule has 7 rings (SSSR count). The average molecular weight is 630 g/mol. The Bertz CT molecular complexity index is 2340. The number of nitrogens with zero attached hydrogens (tertiary/aromatic N) is 3. The molecule has 5 nitrogen and oxygen atoms in total. The number of rotatable bonds is 13. The molecule has 1 aliphatic carbocycles. The molecule has 0 saturated carbocycles. The largest absolute Gasteiger partial charge is 0.340 e.